The Hall–Kier alpha value is -1.97. The molecule has 0 saturated heterocycles. The minimum Gasteiger partial charge on any atom is -0.398 e. The number of nitrogens with two attached hydrogens (primary N) is 1. The molecule has 88 valence electrons. The van der Waals surface area contributed by atoms with Crippen molar-refractivity contribution in [2.45, 2.75) is 6.92 Å². The van der Waals surface area contributed by atoms with Crippen LogP contribution in [0.1, 0.15) is 5.56 Å². The van der Waals surface area contributed by atoms with Crippen LogP contribution in [0, 0.1) is 24.4 Å². The SMILES string of the molecule is Cc1ccc(-c2ccc(F)c(F)c2F)cc1N. The average molecular weight is 237 g/mol. The zero-order valence-corrected chi connectivity index (χ0v) is 9.10. The van der Waals surface area contributed by atoms with Crippen LogP contribution in [0.25, 0.3) is 11.1 Å². The monoisotopic (exact) mass is 237 g/mol. The average Bonchev–Trinajstić information content (AvgIpc) is 2.30. The molecule has 17 heavy (non-hydrogen) atoms. The zero-order valence-electron chi connectivity index (χ0n) is 9.10. The second kappa shape index (κ2) is 4.13. The van der Waals surface area contributed by atoms with E-state index in [0.29, 0.717) is 11.3 Å². The van der Waals surface area contributed by atoms with Gasteiger partial charge in [-0.05, 0) is 36.2 Å². The first-order valence-corrected chi connectivity index (χ1v) is 5.00. The largest absolute Gasteiger partial charge is 0.398 e. The van der Waals surface area contributed by atoms with Crippen molar-refractivity contribution < 1.29 is 13.2 Å². The standard InChI is InChI=1S/C13H10F3N/c1-7-2-3-8(6-11(7)17)9-4-5-10(14)13(16)12(9)15/h2-6H,17H2,1H3. The van der Waals surface area contributed by atoms with E-state index in [0.717, 1.165) is 11.6 Å². The van der Waals surface area contributed by atoms with Gasteiger partial charge in [-0.3, -0.25) is 0 Å². The lowest BCUT2D eigenvalue weighted by Gasteiger charge is -2.07. The number of halogens is 3. The highest BCUT2D eigenvalue weighted by atomic mass is 19.2. The van der Waals surface area contributed by atoms with Crippen molar-refractivity contribution in [2.24, 2.45) is 0 Å². The van der Waals surface area contributed by atoms with Gasteiger partial charge < -0.3 is 5.73 Å². The Morgan fingerprint density at radius 2 is 1.65 bits per heavy atom. The Kier molecular flexibility index (Phi) is 2.79. The molecule has 0 unspecified atom stereocenters. The van der Waals surface area contributed by atoms with Crippen molar-refractivity contribution in [3.8, 4) is 11.1 Å². The Bertz CT molecular complexity index is 579. The molecule has 4 heteroatoms. The van der Waals surface area contributed by atoms with Crippen molar-refractivity contribution in [2.75, 3.05) is 5.73 Å². The highest BCUT2D eigenvalue weighted by Crippen LogP contribution is 2.28. The molecule has 0 atom stereocenters. The van der Waals surface area contributed by atoms with E-state index in [1.54, 1.807) is 19.1 Å². The summed E-state index contributed by atoms with van der Waals surface area (Å²) in [4.78, 5) is 0. The van der Waals surface area contributed by atoms with Gasteiger partial charge in [0.1, 0.15) is 0 Å². The van der Waals surface area contributed by atoms with Gasteiger partial charge in [-0.25, -0.2) is 13.2 Å². The molecule has 1 nitrogen and oxygen atoms in total. The second-order valence-electron chi connectivity index (χ2n) is 3.79. The highest BCUT2D eigenvalue weighted by Gasteiger charge is 2.14. The molecule has 0 heterocycles. The molecule has 2 aromatic carbocycles. The van der Waals surface area contributed by atoms with E-state index in [9.17, 15) is 13.2 Å². The van der Waals surface area contributed by atoms with Crippen molar-refractivity contribution >= 4 is 5.69 Å². The Morgan fingerprint density at radius 3 is 2.29 bits per heavy atom. The van der Waals surface area contributed by atoms with Crippen molar-refractivity contribution in [3.05, 3.63) is 53.3 Å². The summed E-state index contributed by atoms with van der Waals surface area (Å²) in [7, 11) is 0. The third kappa shape index (κ3) is 1.98. The van der Waals surface area contributed by atoms with Gasteiger partial charge in [-0.15, -0.1) is 0 Å². The maximum absolute atomic E-state index is 13.5. The molecule has 0 aromatic heterocycles. The smallest absolute Gasteiger partial charge is 0.195 e. The summed E-state index contributed by atoms with van der Waals surface area (Å²) < 4.78 is 39.4. The quantitative estimate of drug-likeness (QED) is 0.594. The fourth-order valence-electron chi connectivity index (χ4n) is 1.56. The zero-order chi connectivity index (χ0) is 12.6. The van der Waals surface area contributed by atoms with Gasteiger partial charge in [0.2, 0.25) is 0 Å². The van der Waals surface area contributed by atoms with Crippen LogP contribution in [-0.2, 0) is 0 Å². The number of nitrogen functional groups attached to an aromatic ring is 1. The van der Waals surface area contributed by atoms with Gasteiger partial charge in [0.25, 0.3) is 0 Å². The predicted molar refractivity (Wildman–Crippen MR) is 60.9 cm³/mol. The Balaban J connectivity index is 2.61. The van der Waals surface area contributed by atoms with Gasteiger partial charge in [-0.1, -0.05) is 12.1 Å². The maximum atomic E-state index is 13.5. The van der Waals surface area contributed by atoms with E-state index < -0.39 is 17.5 Å². The molecule has 0 saturated carbocycles. The number of rotatable bonds is 1. The van der Waals surface area contributed by atoms with Crippen LogP contribution < -0.4 is 5.73 Å². The van der Waals surface area contributed by atoms with Crippen molar-refractivity contribution in [1.29, 1.82) is 0 Å². The molecule has 0 aliphatic heterocycles. The lowest BCUT2D eigenvalue weighted by atomic mass is 10.0. The Labute approximate surface area is 96.7 Å². The molecule has 2 N–H and O–H groups in total. The van der Waals surface area contributed by atoms with E-state index in [1.165, 1.54) is 12.1 Å². The third-order valence-corrected chi connectivity index (χ3v) is 2.63. The molecular weight excluding hydrogens is 227 g/mol. The second-order valence-corrected chi connectivity index (χ2v) is 3.79. The third-order valence-electron chi connectivity index (χ3n) is 2.63. The van der Waals surface area contributed by atoms with Gasteiger partial charge in [-0.2, -0.15) is 0 Å². The number of benzene rings is 2. The molecule has 0 bridgehead atoms. The first-order chi connectivity index (χ1) is 8.00. The summed E-state index contributed by atoms with van der Waals surface area (Å²) in [5.41, 5.74) is 7.43. The summed E-state index contributed by atoms with van der Waals surface area (Å²) in [6, 6.07) is 6.93. The molecule has 0 radical (unpaired) electrons. The molecule has 2 aromatic rings. The van der Waals surface area contributed by atoms with E-state index in [2.05, 4.69) is 0 Å². The molecule has 0 aliphatic carbocycles. The lowest BCUT2D eigenvalue weighted by Crippen LogP contribution is -1.95. The lowest BCUT2D eigenvalue weighted by molar-refractivity contribution is 0.449. The number of aryl methyl sites for hydroxylation is 1. The summed E-state index contributed by atoms with van der Waals surface area (Å²) in [5.74, 6) is -3.87. The highest BCUT2D eigenvalue weighted by molar-refractivity contribution is 5.69. The van der Waals surface area contributed by atoms with Crippen LogP contribution in [0.2, 0.25) is 0 Å². The Morgan fingerprint density at radius 1 is 0.941 bits per heavy atom. The minimum atomic E-state index is -1.47. The van der Waals surface area contributed by atoms with Gasteiger partial charge in [0, 0.05) is 11.3 Å². The van der Waals surface area contributed by atoms with Crippen LogP contribution in [0.15, 0.2) is 30.3 Å². The normalized spacial score (nSPS) is 10.6. The van der Waals surface area contributed by atoms with Crippen LogP contribution >= 0.6 is 0 Å². The first kappa shape index (κ1) is 11.5. The number of hydrogen-bond donors (Lipinski definition) is 1. The number of anilines is 1. The molecular formula is C13H10F3N. The fourth-order valence-corrected chi connectivity index (χ4v) is 1.56. The van der Waals surface area contributed by atoms with Crippen LogP contribution in [-0.4, -0.2) is 0 Å². The van der Waals surface area contributed by atoms with E-state index in [4.69, 9.17) is 5.73 Å². The number of hydrogen-bond acceptors (Lipinski definition) is 1. The first-order valence-electron chi connectivity index (χ1n) is 5.00. The molecule has 2 rings (SSSR count). The summed E-state index contributed by atoms with van der Waals surface area (Å²) in [6.45, 7) is 1.81. The molecule has 0 fully saturated rings. The van der Waals surface area contributed by atoms with Crippen molar-refractivity contribution in [3.63, 3.8) is 0 Å². The van der Waals surface area contributed by atoms with Gasteiger partial charge >= 0.3 is 0 Å². The van der Waals surface area contributed by atoms with Gasteiger partial charge in [0.05, 0.1) is 0 Å². The topological polar surface area (TPSA) is 26.0 Å². The van der Waals surface area contributed by atoms with Crippen LogP contribution in [0.5, 0.6) is 0 Å². The van der Waals surface area contributed by atoms with Crippen molar-refractivity contribution in [1.82, 2.24) is 0 Å². The molecule has 0 amide bonds. The van der Waals surface area contributed by atoms with Crippen LogP contribution in [0.3, 0.4) is 0 Å². The molecule has 0 aliphatic rings. The summed E-state index contributed by atoms with van der Waals surface area (Å²) in [5, 5.41) is 0. The van der Waals surface area contributed by atoms with Crippen LogP contribution in [0.4, 0.5) is 18.9 Å². The van der Waals surface area contributed by atoms with E-state index in [1.807, 2.05) is 0 Å². The van der Waals surface area contributed by atoms with E-state index in [-0.39, 0.29) is 5.56 Å². The summed E-state index contributed by atoms with van der Waals surface area (Å²) in [6.07, 6.45) is 0. The van der Waals surface area contributed by atoms with E-state index >= 15 is 0 Å². The predicted octanol–water partition coefficient (Wildman–Crippen LogP) is 3.66. The summed E-state index contributed by atoms with van der Waals surface area (Å²) >= 11 is 0. The minimum absolute atomic E-state index is 0.00407. The van der Waals surface area contributed by atoms with Gasteiger partial charge in [0.15, 0.2) is 17.5 Å². The maximum Gasteiger partial charge on any atom is 0.195 e. The fraction of sp³-hybridized carbons (Fsp3) is 0.0769. The molecule has 0 spiro atoms.